The molecule has 15 heavy (non-hydrogen) atoms. The number of pyridine rings is 1. The van der Waals surface area contributed by atoms with Crippen molar-refractivity contribution in [2.24, 2.45) is 5.73 Å². The molecule has 3 nitrogen and oxygen atoms in total. The lowest BCUT2D eigenvalue weighted by Crippen LogP contribution is -2.27. The van der Waals surface area contributed by atoms with Gasteiger partial charge in [0, 0.05) is 30.9 Å². The van der Waals surface area contributed by atoms with E-state index in [0.29, 0.717) is 17.4 Å². The van der Waals surface area contributed by atoms with Gasteiger partial charge < -0.3 is 10.6 Å². The molecular formula is C11H16FN3. The average molecular weight is 209 g/mol. The van der Waals surface area contributed by atoms with E-state index < -0.39 is 0 Å². The van der Waals surface area contributed by atoms with E-state index in [2.05, 4.69) is 4.98 Å². The first kappa shape index (κ1) is 10.4. The normalized spacial score (nSPS) is 15.4. The van der Waals surface area contributed by atoms with Gasteiger partial charge in [-0.25, -0.2) is 9.37 Å². The van der Waals surface area contributed by atoms with Gasteiger partial charge in [-0.15, -0.1) is 0 Å². The summed E-state index contributed by atoms with van der Waals surface area (Å²) in [6.45, 7) is 3.04. The van der Waals surface area contributed by atoms with Gasteiger partial charge in [0.25, 0.3) is 0 Å². The Kier molecular flexibility index (Phi) is 2.86. The van der Waals surface area contributed by atoms with Crippen LogP contribution in [0.2, 0.25) is 0 Å². The highest BCUT2D eigenvalue weighted by molar-refractivity contribution is 5.45. The monoisotopic (exact) mass is 209 g/mol. The van der Waals surface area contributed by atoms with Gasteiger partial charge in [0.1, 0.15) is 0 Å². The maximum atomic E-state index is 13.9. The molecule has 1 aliphatic rings. The number of halogens is 1. The Morgan fingerprint density at radius 3 is 2.87 bits per heavy atom. The van der Waals surface area contributed by atoms with Crippen molar-refractivity contribution in [3.63, 3.8) is 0 Å². The van der Waals surface area contributed by atoms with Gasteiger partial charge >= 0.3 is 0 Å². The molecule has 1 heterocycles. The van der Waals surface area contributed by atoms with E-state index >= 15 is 0 Å². The zero-order valence-electron chi connectivity index (χ0n) is 8.91. The van der Waals surface area contributed by atoms with Crippen molar-refractivity contribution in [1.29, 1.82) is 0 Å². The van der Waals surface area contributed by atoms with Gasteiger partial charge in [-0.3, -0.25) is 0 Å². The first-order chi connectivity index (χ1) is 7.27. The molecule has 2 N–H and O–H groups in total. The number of hydrogen-bond acceptors (Lipinski definition) is 3. The molecule has 4 heteroatoms. The fourth-order valence-corrected chi connectivity index (χ4v) is 1.80. The number of hydrogen-bond donors (Lipinski definition) is 1. The number of nitrogens with zero attached hydrogens (tertiary/aromatic N) is 2. The summed E-state index contributed by atoms with van der Waals surface area (Å²) in [5.74, 6) is 0.205. The van der Waals surface area contributed by atoms with Crippen molar-refractivity contribution in [3.8, 4) is 0 Å². The molecule has 1 aromatic rings. The van der Waals surface area contributed by atoms with Gasteiger partial charge in [0.05, 0.1) is 0 Å². The van der Waals surface area contributed by atoms with Crippen LogP contribution >= 0.6 is 0 Å². The Bertz CT molecular complexity index is 350. The molecular weight excluding hydrogens is 193 g/mol. The Balaban J connectivity index is 2.33. The number of aromatic nitrogens is 1. The Morgan fingerprint density at radius 1 is 1.60 bits per heavy atom. The Morgan fingerprint density at radius 2 is 2.33 bits per heavy atom. The zero-order chi connectivity index (χ0) is 10.8. The largest absolute Gasteiger partial charge is 0.351 e. The van der Waals surface area contributed by atoms with Crippen molar-refractivity contribution in [2.45, 2.75) is 32.4 Å². The molecule has 0 saturated heterocycles. The molecule has 0 aromatic carbocycles. The molecule has 82 valence electrons. The minimum atomic E-state index is -0.256. The van der Waals surface area contributed by atoms with E-state index in [0.717, 1.165) is 19.4 Å². The second kappa shape index (κ2) is 4.14. The molecule has 0 atom stereocenters. The van der Waals surface area contributed by atoms with E-state index in [1.807, 2.05) is 11.8 Å². The third-order valence-electron chi connectivity index (χ3n) is 2.77. The van der Waals surface area contributed by atoms with Gasteiger partial charge in [-0.1, -0.05) is 0 Å². The van der Waals surface area contributed by atoms with Crippen molar-refractivity contribution in [1.82, 2.24) is 4.98 Å². The molecule has 0 bridgehead atoms. The smallest absolute Gasteiger partial charge is 0.170 e. The second-order valence-electron chi connectivity index (χ2n) is 3.83. The molecule has 1 aromatic heterocycles. The van der Waals surface area contributed by atoms with Crippen LogP contribution in [0.25, 0.3) is 0 Å². The van der Waals surface area contributed by atoms with Gasteiger partial charge in [-0.05, 0) is 25.8 Å². The average Bonchev–Trinajstić information content (AvgIpc) is 3.06. The van der Waals surface area contributed by atoms with Crippen molar-refractivity contribution in [2.75, 3.05) is 11.4 Å². The first-order valence-corrected chi connectivity index (χ1v) is 5.38. The summed E-state index contributed by atoms with van der Waals surface area (Å²) >= 11 is 0. The van der Waals surface area contributed by atoms with Crippen LogP contribution in [-0.2, 0) is 6.54 Å². The predicted molar refractivity (Wildman–Crippen MR) is 58.1 cm³/mol. The first-order valence-electron chi connectivity index (χ1n) is 5.38. The standard InChI is InChI=1S/C11H16FN3/c1-2-15(9-3-4-9)11-10(12)8(7-13)5-6-14-11/h5-6,9H,2-4,7,13H2,1H3. The topological polar surface area (TPSA) is 42.2 Å². The van der Waals surface area contributed by atoms with Crippen LogP contribution in [0.3, 0.4) is 0 Å². The van der Waals surface area contributed by atoms with Crippen LogP contribution in [0.4, 0.5) is 10.2 Å². The van der Waals surface area contributed by atoms with Crippen LogP contribution in [0.5, 0.6) is 0 Å². The van der Waals surface area contributed by atoms with Crippen LogP contribution < -0.4 is 10.6 Å². The molecule has 0 radical (unpaired) electrons. The fraction of sp³-hybridized carbons (Fsp3) is 0.545. The Hall–Kier alpha value is -1.16. The van der Waals surface area contributed by atoms with Gasteiger partial charge in [0.15, 0.2) is 11.6 Å². The molecule has 0 aliphatic heterocycles. The highest BCUT2D eigenvalue weighted by atomic mass is 19.1. The number of rotatable bonds is 4. The lowest BCUT2D eigenvalue weighted by molar-refractivity contribution is 0.593. The maximum absolute atomic E-state index is 13.9. The summed E-state index contributed by atoms with van der Waals surface area (Å²) in [6, 6.07) is 2.12. The van der Waals surface area contributed by atoms with E-state index in [-0.39, 0.29) is 12.4 Å². The van der Waals surface area contributed by atoms with Crippen LogP contribution in [0.15, 0.2) is 12.3 Å². The SMILES string of the molecule is CCN(c1nccc(CN)c1F)C1CC1. The predicted octanol–water partition coefficient (Wildman–Crippen LogP) is 1.67. The van der Waals surface area contributed by atoms with Crippen molar-refractivity contribution >= 4 is 5.82 Å². The molecule has 1 saturated carbocycles. The number of anilines is 1. The number of nitrogens with two attached hydrogens (primary N) is 1. The quantitative estimate of drug-likeness (QED) is 0.820. The minimum Gasteiger partial charge on any atom is -0.351 e. The summed E-state index contributed by atoms with van der Waals surface area (Å²) in [5, 5.41) is 0. The molecule has 1 fully saturated rings. The van der Waals surface area contributed by atoms with Crippen molar-refractivity contribution in [3.05, 3.63) is 23.6 Å². The van der Waals surface area contributed by atoms with Crippen LogP contribution in [-0.4, -0.2) is 17.6 Å². The summed E-state index contributed by atoms with van der Waals surface area (Å²) in [7, 11) is 0. The van der Waals surface area contributed by atoms with Crippen LogP contribution in [0, 0.1) is 5.82 Å². The minimum absolute atomic E-state index is 0.226. The zero-order valence-corrected chi connectivity index (χ0v) is 8.91. The highest BCUT2D eigenvalue weighted by Gasteiger charge is 2.30. The van der Waals surface area contributed by atoms with E-state index in [9.17, 15) is 4.39 Å². The van der Waals surface area contributed by atoms with E-state index in [4.69, 9.17) is 5.73 Å². The van der Waals surface area contributed by atoms with E-state index in [1.165, 1.54) is 0 Å². The van der Waals surface area contributed by atoms with E-state index in [1.54, 1.807) is 12.3 Å². The maximum Gasteiger partial charge on any atom is 0.170 e. The van der Waals surface area contributed by atoms with Crippen molar-refractivity contribution < 1.29 is 4.39 Å². The molecule has 0 amide bonds. The second-order valence-corrected chi connectivity index (χ2v) is 3.83. The summed E-state index contributed by atoms with van der Waals surface area (Å²) in [5.41, 5.74) is 6.01. The molecule has 0 spiro atoms. The van der Waals surface area contributed by atoms with Gasteiger partial charge in [-0.2, -0.15) is 0 Å². The third kappa shape index (κ3) is 1.95. The summed E-state index contributed by atoms with van der Waals surface area (Å²) < 4.78 is 13.9. The Labute approximate surface area is 89.1 Å². The third-order valence-corrected chi connectivity index (χ3v) is 2.77. The molecule has 1 aliphatic carbocycles. The van der Waals surface area contributed by atoms with Crippen LogP contribution in [0.1, 0.15) is 25.3 Å². The highest BCUT2D eigenvalue weighted by Crippen LogP contribution is 2.32. The summed E-state index contributed by atoms with van der Waals surface area (Å²) in [4.78, 5) is 6.14. The molecule has 0 unspecified atom stereocenters. The molecule has 2 rings (SSSR count). The lowest BCUT2D eigenvalue weighted by atomic mass is 10.2. The fourth-order valence-electron chi connectivity index (χ4n) is 1.80. The van der Waals surface area contributed by atoms with Gasteiger partial charge in [0.2, 0.25) is 0 Å². The lowest BCUT2D eigenvalue weighted by Gasteiger charge is -2.22. The summed E-state index contributed by atoms with van der Waals surface area (Å²) in [6.07, 6.45) is 3.91.